The van der Waals surface area contributed by atoms with E-state index in [4.69, 9.17) is 0 Å². The Kier molecular flexibility index (Phi) is 7.22. The first-order valence-corrected chi connectivity index (χ1v) is 15.0. The summed E-state index contributed by atoms with van der Waals surface area (Å²) < 4.78 is 55.3. The summed E-state index contributed by atoms with van der Waals surface area (Å²) in [6.45, 7) is 3.42. The summed E-state index contributed by atoms with van der Waals surface area (Å²) in [5.41, 5.74) is 5.46. The largest absolute Gasteiger partial charge is 0.335 e. The maximum atomic E-state index is 15.2. The zero-order valence-electron chi connectivity index (χ0n) is 22.7. The Bertz CT molecular complexity index is 2060. The topological polar surface area (TPSA) is 141 Å². The highest BCUT2D eigenvalue weighted by Gasteiger charge is 2.19. The summed E-state index contributed by atoms with van der Waals surface area (Å²) in [4.78, 5) is 16.5. The molecule has 0 spiro atoms. The first kappa shape index (κ1) is 27.6. The fourth-order valence-corrected chi connectivity index (χ4v) is 5.26. The zero-order chi connectivity index (χ0) is 29.4. The molecule has 0 bridgehead atoms. The zero-order valence-corrected chi connectivity index (χ0v) is 23.5. The van der Waals surface area contributed by atoms with Gasteiger partial charge in [-0.15, -0.1) is 0 Å². The van der Waals surface area contributed by atoms with Crippen LogP contribution >= 0.6 is 0 Å². The molecule has 4 N–H and O–H groups in total. The van der Waals surface area contributed by atoms with E-state index >= 15 is 4.39 Å². The number of halogens is 2. The molecule has 0 aliphatic carbocycles. The van der Waals surface area contributed by atoms with Crippen LogP contribution in [0.3, 0.4) is 0 Å². The molecule has 2 aromatic carbocycles. The van der Waals surface area contributed by atoms with Gasteiger partial charge in [0.25, 0.3) is 0 Å². The first-order chi connectivity index (χ1) is 20.2. The van der Waals surface area contributed by atoms with Crippen LogP contribution in [-0.2, 0) is 23.1 Å². The SMILES string of the molecule is CCNCc1cncc(-c2cc(F)c3n[nH]c(-c4nc5nccc(-c6cc(F)cc(CNS(C)(=O)=O)c6)c5[nH]4)c3c2)c1. The number of H-pyrrole nitrogens is 2. The standard InChI is InChI=1S/C29H26F2N8O2S/c1-3-32-12-17-7-20(15-33-13-17)18-10-23-25(24(31)11-18)38-39-27(23)29-36-26-22(4-5-34-28(26)37-29)19-6-16(8-21(30)9-19)14-35-42(2,40)41/h4-11,13,15,32,35H,3,12,14H2,1-2H3,(H,38,39)(H,34,36,37). The molecule has 4 aromatic heterocycles. The third kappa shape index (κ3) is 5.62. The van der Waals surface area contributed by atoms with E-state index < -0.39 is 21.7 Å². The van der Waals surface area contributed by atoms with Gasteiger partial charge < -0.3 is 10.3 Å². The summed E-state index contributed by atoms with van der Waals surface area (Å²) >= 11 is 0. The Morgan fingerprint density at radius 2 is 1.79 bits per heavy atom. The Labute approximate surface area is 239 Å². The van der Waals surface area contributed by atoms with Gasteiger partial charge in [-0.3, -0.25) is 10.1 Å². The van der Waals surface area contributed by atoms with Gasteiger partial charge in [-0.1, -0.05) is 6.92 Å². The number of hydrogen-bond donors (Lipinski definition) is 4. The minimum absolute atomic E-state index is 0.0619. The molecular formula is C29H26F2N8O2S. The van der Waals surface area contributed by atoms with Crippen LogP contribution in [0.4, 0.5) is 8.78 Å². The van der Waals surface area contributed by atoms with Crippen molar-refractivity contribution in [3.05, 3.63) is 83.8 Å². The minimum atomic E-state index is -3.46. The van der Waals surface area contributed by atoms with Gasteiger partial charge in [-0.25, -0.2) is 31.9 Å². The number of aromatic amines is 2. The Hall–Kier alpha value is -4.59. The average Bonchev–Trinajstić information content (AvgIpc) is 3.59. The van der Waals surface area contributed by atoms with Crippen LogP contribution in [0.5, 0.6) is 0 Å². The minimum Gasteiger partial charge on any atom is -0.335 e. The smallest absolute Gasteiger partial charge is 0.209 e. The molecule has 0 amide bonds. The maximum absolute atomic E-state index is 15.2. The van der Waals surface area contributed by atoms with Crippen molar-refractivity contribution in [2.24, 2.45) is 0 Å². The van der Waals surface area contributed by atoms with Crippen molar-refractivity contribution >= 4 is 32.1 Å². The fourth-order valence-electron chi connectivity index (χ4n) is 4.83. The van der Waals surface area contributed by atoms with Gasteiger partial charge in [0.2, 0.25) is 10.0 Å². The molecule has 0 unspecified atom stereocenters. The van der Waals surface area contributed by atoms with Crippen LogP contribution in [0.15, 0.2) is 61.1 Å². The number of nitrogens with zero attached hydrogens (tertiary/aromatic N) is 4. The molecule has 0 radical (unpaired) electrons. The van der Waals surface area contributed by atoms with Crippen molar-refractivity contribution in [3.63, 3.8) is 0 Å². The van der Waals surface area contributed by atoms with Crippen LogP contribution in [0.1, 0.15) is 18.1 Å². The lowest BCUT2D eigenvalue weighted by Gasteiger charge is -2.08. The third-order valence-electron chi connectivity index (χ3n) is 6.76. The molecule has 0 aliphatic heterocycles. The summed E-state index contributed by atoms with van der Waals surface area (Å²) in [5, 5.41) is 10.9. The van der Waals surface area contributed by atoms with Crippen LogP contribution < -0.4 is 10.0 Å². The lowest BCUT2D eigenvalue weighted by atomic mass is 10.0. The summed E-state index contributed by atoms with van der Waals surface area (Å²) in [6.07, 6.45) is 6.05. The number of pyridine rings is 2. The van der Waals surface area contributed by atoms with E-state index in [-0.39, 0.29) is 12.1 Å². The predicted octanol–water partition coefficient (Wildman–Crippen LogP) is 4.67. The summed E-state index contributed by atoms with van der Waals surface area (Å²) in [7, 11) is -3.46. The van der Waals surface area contributed by atoms with Crippen molar-refractivity contribution in [1.82, 2.24) is 40.2 Å². The van der Waals surface area contributed by atoms with Crippen LogP contribution in [0.25, 0.3) is 55.8 Å². The second kappa shape index (κ2) is 11.0. The monoisotopic (exact) mass is 588 g/mol. The van der Waals surface area contributed by atoms with Crippen molar-refractivity contribution in [2.75, 3.05) is 12.8 Å². The van der Waals surface area contributed by atoms with Crippen LogP contribution in [-0.4, -0.2) is 51.4 Å². The van der Waals surface area contributed by atoms with Gasteiger partial charge in [0.05, 0.1) is 11.8 Å². The molecule has 214 valence electrons. The molecule has 10 nitrogen and oxygen atoms in total. The Morgan fingerprint density at radius 1 is 0.952 bits per heavy atom. The summed E-state index contributed by atoms with van der Waals surface area (Å²) in [6, 6.07) is 11.3. The van der Waals surface area contributed by atoms with Gasteiger partial charge in [0.15, 0.2) is 17.3 Å². The van der Waals surface area contributed by atoms with Crippen LogP contribution in [0.2, 0.25) is 0 Å². The van der Waals surface area contributed by atoms with E-state index in [1.807, 2.05) is 19.1 Å². The molecule has 0 fully saturated rings. The van der Waals surface area contributed by atoms with Gasteiger partial charge in [-0.05, 0) is 71.3 Å². The van der Waals surface area contributed by atoms with Crippen molar-refractivity contribution in [2.45, 2.75) is 20.0 Å². The lowest BCUT2D eigenvalue weighted by molar-refractivity contribution is 0.586. The van der Waals surface area contributed by atoms with Gasteiger partial charge in [0, 0.05) is 48.2 Å². The van der Waals surface area contributed by atoms with Crippen LogP contribution in [0, 0.1) is 11.6 Å². The fraction of sp³-hybridized carbons (Fsp3) is 0.172. The quantitative estimate of drug-likeness (QED) is 0.192. The molecule has 0 saturated carbocycles. The molecule has 0 saturated heterocycles. The molecule has 0 aliphatic rings. The highest BCUT2D eigenvalue weighted by atomic mass is 32.2. The third-order valence-corrected chi connectivity index (χ3v) is 7.42. The predicted molar refractivity (Wildman–Crippen MR) is 157 cm³/mol. The molecule has 42 heavy (non-hydrogen) atoms. The maximum Gasteiger partial charge on any atom is 0.209 e. The number of benzene rings is 2. The van der Waals surface area contributed by atoms with Crippen molar-refractivity contribution in [1.29, 1.82) is 0 Å². The van der Waals surface area contributed by atoms with Crippen molar-refractivity contribution in [3.8, 4) is 33.8 Å². The number of hydrogen-bond acceptors (Lipinski definition) is 7. The van der Waals surface area contributed by atoms with Gasteiger partial charge >= 0.3 is 0 Å². The molecule has 6 aromatic rings. The molecule has 13 heteroatoms. The van der Waals surface area contributed by atoms with E-state index in [0.717, 1.165) is 23.9 Å². The number of fused-ring (bicyclic) bond motifs is 2. The average molecular weight is 589 g/mol. The van der Waals surface area contributed by atoms with E-state index in [0.29, 0.717) is 56.9 Å². The molecular weight excluding hydrogens is 562 g/mol. The number of rotatable bonds is 9. The second-order valence-corrected chi connectivity index (χ2v) is 11.7. The lowest BCUT2D eigenvalue weighted by Crippen LogP contribution is -2.21. The van der Waals surface area contributed by atoms with E-state index in [1.54, 1.807) is 30.7 Å². The second-order valence-electron chi connectivity index (χ2n) is 9.90. The normalized spacial score (nSPS) is 12.0. The molecule has 4 heterocycles. The highest BCUT2D eigenvalue weighted by molar-refractivity contribution is 7.88. The van der Waals surface area contributed by atoms with Gasteiger partial charge in [-0.2, -0.15) is 5.10 Å². The van der Waals surface area contributed by atoms with Crippen molar-refractivity contribution < 1.29 is 17.2 Å². The first-order valence-electron chi connectivity index (χ1n) is 13.1. The Morgan fingerprint density at radius 3 is 2.60 bits per heavy atom. The number of aromatic nitrogens is 6. The molecule has 0 atom stereocenters. The number of nitrogens with one attached hydrogen (secondary N) is 4. The number of sulfonamides is 1. The number of imidazole rings is 1. The van der Waals surface area contributed by atoms with Gasteiger partial charge in [0.1, 0.15) is 17.0 Å². The van der Waals surface area contributed by atoms with E-state index in [9.17, 15) is 12.8 Å². The van der Waals surface area contributed by atoms with E-state index in [1.165, 1.54) is 18.2 Å². The highest BCUT2D eigenvalue weighted by Crippen LogP contribution is 2.34. The molecule has 6 rings (SSSR count). The van der Waals surface area contributed by atoms with E-state index in [2.05, 4.69) is 40.2 Å². The summed E-state index contributed by atoms with van der Waals surface area (Å²) in [5.74, 6) is -0.639. The Balaban J connectivity index is 1.42.